The fraction of sp³-hybridized carbons (Fsp3) is 0.348. The van der Waals surface area contributed by atoms with Crippen LogP contribution in [0.3, 0.4) is 0 Å². The Morgan fingerprint density at radius 1 is 1.15 bits per heavy atom. The van der Waals surface area contributed by atoms with Crippen molar-refractivity contribution in [3.05, 3.63) is 69.8 Å². The second-order valence-corrected chi connectivity index (χ2v) is 9.67. The summed E-state index contributed by atoms with van der Waals surface area (Å²) in [4.78, 5) is 25.1. The second kappa shape index (κ2) is 10.2. The Morgan fingerprint density at radius 2 is 1.82 bits per heavy atom. The summed E-state index contributed by atoms with van der Waals surface area (Å²) in [6, 6.07) is 7.09. The second-order valence-electron chi connectivity index (χ2n) is 7.77. The lowest BCUT2D eigenvalue weighted by Crippen LogP contribution is -2.50. The number of hydrogen-bond donors (Lipinski definition) is 0. The number of carbonyl (C=O) groups excluding carboxylic acids is 1. The van der Waals surface area contributed by atoms with Gasteiger partial charge in [-0.15, -0.1) is 6.58 Å². The number of amides is 1. The van der Waals surface area contributed by atoms with Crippen molar-refractivity contribution in [1.29, 1.82) is 0 Å². The minimum absolute atomic E-state index is 0.0724. The van der Waals surface area contributed by atoms with Crippen LogP contribution in [-0.2, 0) is 16.4 Å². The van der Waals surface area contributed by atoms with Crippen molar-refractivity contribution in [1.82, 2.24) is 9.21 Å². The van der Waals surface area contributed by atoms with Gasteiger partial charge in [-0.3, -0.25) is 14.9 Å². The number of aryl methyl sites for hydroxylation is 1. The number of allylic oxidation sites excluding steroid dienone is 1. The fourth-order valence-electron chi connectivity index (χ4n) is 3.91. The van der Waals surface area contributed by atoms with Gasteiger partial charge in [-0.05, 0) is 31.0 Å². The average Bonchev–Trinajstić information content (AvgIpc) is 2.83. The molecule has 11 heteroatoms. The molecule has 182 valence electrons. The van der Waals surface area contributed by atoms with Gasteiger partial charge in [0.05, 0.1) is 24.0 Å². The molecule has 1 fully saturated rings. The molecule has 1 saturated heterocycles. The van der Waals surface area contributed by atoms with E-state index in [1.165, 1.54) is 30.7 Å². The van der Waals surface area contributed by atoms with Crippen LogP contribution in [0.5, 0.6) is 11.5 Å². The van der Waals surface area contributed by atoms with E-state index in [4.69, 9.17) is 9.47 Å². The minimum Gasteiger partial charge on any atom is -0.493 e. The molecule has 0 radical (unpaired) electrons. The monoisotopic (exact) mass is 489 g/mol. The number of nitro groups is 1. The van der Waals surface area contributed by atoms with Crippen molar-refractivity contribution in [3.63, 3.8) is 0 Å². The van der Waals surface area contributed by atoms with Crippen LogP contribution in [-0.4, -0.2) is 68.9 Å². The first-order valence-electron chi connectivity index (χ1n) is 10.5. The molecular weight excluding hydrogens is 462 g/mol. The maximum atomic E-state index is 13.2. The summed E-state index contributed by atoms with van der Waals surface area (Å²) < 4.78 is 38.4. The standard InChI is InChI=1S/C23H27N3O7S/c1-5-6-17-13-18(14-20(32-3)22(17)33-4)23(27)24-9-11-25(12-10-24)34(30,31)21-15-19(26(28)29)8-7-16(21)2/h5,7-8,13-15H,1,6,9-12H2,2-4H3. The number of nitrogens with zero attached hydrogens (tertiary/aromatic N) is 3. The van der Waals surface area contributed by atoms with Crippen LogP contribution in [0, 0.1) is 17.0 Å². The molecule has 0 aliphatic carbocycles. The summed E-state index contributed by atoms with van der Waals surface area (Å²) in [6.07, 6.45) is 2.18. The van der Waals surface area contributed by atoms with Gasteiger partial charge < -0.3 is 14.4 Å². The zero-order chi connectivity index (χ0) is 25.0. The van der Waals surface area contributed by atoms with E-state index in [0.29, 0.717) is 29.0 Å². The molecule has 1 amide bonds. The Bertz CT molecular complexity index is 1220. The van der Waals surface area contributed by atoms with Crippen molar-refractivity contribution in [3.8, 4) is 11.5 Å². The third-order valence-corrected chi connectivity index (χ3v) is 7.73. The summed E-state index contributed by atoms with van der Waals surface area (Å²) in [5.74, 6) is 0.699. The average molecular weight is 490 g/mol. The van der Waals surface area contributed by atoms with Crippen molar-refractivity contribution in [2.75, 3.05) is 40.4 Å². The van der Waals surface area contributed by atoms with Gasteiger partial charge in [0, 0.05) is 49.4 Å². The Hall–Kier alpha value is -3.44. The van der Waals surface area contributed by atoms with Crippen LogP contribution in [0.2, 0.25) is 0 Å². The molecule has 0 N–H and O–H groups in total. The largest absolute Gasteiger partial charge is 0.493 e. The number of methoxy groups -OCH3 is 2. The number of sulfonamides is 1. The van der Waals surface area contributed by atoms with Gasteiger partial charge in [0.2, 0.25) is 10.0 Å². The minimum atomic E-state index is -3.95. The predicted molar refractivity (Wildman–Crippen MR) is 126 cm³/mol. The molecular formula is C23H27N3O7S. The maximum absolute atomic E-state index is 13.2. The quantitative estimate of drug-likeness (QED) is 0.318. The summed E-state index contributed by atoms with van der Waals surface area (Å²) in [7, 11) is -0.941. The van der Waals surface area contributed by atoms with E-state index in [1.54, 1.807) is 30.0 Å². The molecule has 3 rings (SSSR count). The van der Waals surface area contributed by atoms with Gasteiger partial charge in [0.15, 0.2) is 11.5 Å². The van der Waals surface area contributed by atoms with Crippen LogP contribution >= 0.6 is 0 Å². The first kappa shape index (κ1) is 25.2. The molecule has 1 aliphatic rings. The van der Waals surface area contributed by atoms with Crippen LogP contribution in [0.4, 0.5) is 5.69 Å². The SMILES string of the molecule is C=CCc1cc(C(=O)N2CCN(S(=O)(=O)c3cc([N+](=O)[O-])ccc3C)CC2)cc(OC)c1OC. The smallest absolute Gasteiger partial charge is 0.270 e. The van der Waals surface area contributed by atoms with E-state index < -0.39 is 14.9 Å². The van der Waals surface area contributed by atoms with Crippen molar-refractivity contribution < 1.29 is 27.6 Å². The Labute approximate surface area is 198 Å². The highest BCUT2D eigenvalue weighted by atomic mass is 32.2. The molecule has 0 unspecified atom stereocenters. The van der Waals surface area contributed by atoms with Crippen LogP contribution in [0.1, 0.15) is 21.5 Å². The third-order valence-electron chi connectivity index (χ3n) is 5.69. The third kappa shape index (κ3) is 4.90. The number of piperazine rings is 1. The van der Waals surface area contributed by atoms with Crippen molar-refractivity contribution in [2.24, 2.45) is 0 Å². The van der Waals surface area contributed by atoms with Crippen LogP contribution in [0.15, 0.2) is 47.9 Å². The highest BCUT2D eigenvalue weighted by Gasteiger charge is 2.32. The summed E-state index contributed by atoms with van der Waals surface area (Å²) in [6.45, 7) is 5.83. The lowest BCUT2D eigenvalue weighted by atomic mass is 10.0. The number of ether oxygens (including phenoxy) is 2. The van der Waals surface area contributed by atoms with Gasteiger partial charge in [0.1, 0.15) is 0 Å². The van der Waals surface area contributed by atoms with Crippen LogP contribution in [0.25, 0.3) is 0 Å². The topological polar surface area (TPSA) is 119 Å². The first-order chi connectivity index (χ1) is 16.1. The van der Waals surface area contributed by atoms with Crippen molar-refractivity contribution in [2.45, 2.75) is 18.2 Å². The molecule has 0 saturated carbocycles. The van der Waals surface area contributed by atoms with Crippen LogP contribution < -0.4 is 9.47 Å². The Morgan fingerprint density at radius 3 is 2.38 bits per heavy atom. The molecule has 1 aliphatic heterocycles. The molecule has 2 aromatic carbocycles. The Balaban J connectivity index is 1.80. The summed E-state index contributed by atoms with van der Waals surface area (Å²) >= 11 is 0. The van der Waals surface area contributed by atoms with Gasteiger partial charge >= 0.3 is 0 Å². The number of hydrogen-bond acceptors (Lipinski definition) is 7. The fourth-order valence-corrected chi connectivity index (χ4v) is 5.57. The molecule has 1 heterocycles. The van der Waals surface area contributed by atoms with E-state index in [-0.39, 0.29) is 42.7 Å². The number of non-ortho nitro benzene ring substituents is 1. The first-order valence-corrected chi connectivity index (χ1v) is 12.0. The molecule has 0 atom stereocenters. The molecule has 34 heavy (non-hydrogen) atoms. The predicted octanol–water partition coefficient (Wildman–Crippen LogP) is 2.80. The zero-order valence-electron chi connectivity index (χ0n) is 19.3. The van der Waals surface area contributed by atoms with Gasteiger partial charge in [-0.1, -0.05) is 12.1 Å². The van der Waals surface area contributed by atoms with Gasteiger partial charge in [-0.25, -0.2) is 8.42 Å². The zero-order valence-corrected chi connectivity index (χ0v) is 20.1. The number of carbonyl (C=O) groups is 1. The van der Waals surface area contributed by atoms with Gasteiger partial charge in [-0.2, -0.15) is 4.31 Å². The normalized spacial score (nSPS) is 14.5. The van der Waals surface area contributed by atoms with E-state index in [0.717, 1.165) is 11.6 Å². The maximum Gasteiger partial charge on any atom is 0.270 e. The summed E-state index contributed by atoms with van der Waals surface area (Å²) in [5, 5.41) is 11.1. The molecule has 10 nitrogen and oxygen atoms in total. The van der Waals surface area contributed by atoms with E-state index >= 15 is 0 Å². The lowest BCUT2D eigenvalue weighted by Gasteiger charge is -2.34. The highest BCUT2D eigenvalue weighted by molar-refractivity contribution is 7.89. The molecule has 2 aromatic rings. The van der Waals surface area contributed by atoms with E-state index in [2.05, 4.69) is 6.58 Å². The van der Waals surface area contributed by atoms with Gasteiger partial charge in [0.25, 0.3) is 11.6 Å². The molecule has 0 bridgehead atoms. The van der Waals surface area contributed by atoms with E-state index in [1.807, 2.05) is 0 Å². The van der Waals surface area contributed by atoms with E-state index in [9.17, 15) is 23.3 Å². The number of nitro benzene ring substituents is 1. The number of benzene rings is 2. The van der Waals surface area contributed by atoms with Crippen molar-refractivity contribution >= 4 is 21.6 Å². The lowest BCUT2D eigenvalue weighted by molar-refractivity contribution is -0.385. The molecule has 0 spiro atoms. The summed E-state index contributed by atoms with van der Waals surface area (Å²) in [5.41, 5.74) is 1.29. The Kier molecular flexibility index (Phi) is 7.57. The molecule has 0 aromatic heterocycles. The highest BCUT2D eigenvalue weighted by Crippen LogP contribution is 2.34. The number of rotatable bonds is 8.